The van der Waals surface area contributed by atoms with E-state index in [-0.39, 0.29) is 5.41 Å². The average molecular weight is 168 g/mol. The molecule has 0 bridgehead atoms. The summed E-state index contributed by atoms with van der Waals surface area (Å²) in [6.07, 6.45) is 5.91. The van der Waals surface area contributed by atoms with Gasteiger partial charge in [-0.3, -0.25) is 0 Å². The van der Waals surface area contributed by atoms with Crippen molar-refractivity contribution in [3.63, 3.8) is 0 Å². The highest BCUT2D eigenvalue weighted by atomic mass is 14.7. The topological polar surface area (TPSA) is 52.0 Å². The van der Waals surface area contributed by atoms with Crippen molar-refractivity contribution in [3.05, 3.63) is 11.4 Å². The molecule has 0 amide bonds. The van der Waals surface area contributed by atoms with Crippen molar-refractivity contribution >= 4 is 0 Å². The summed E-state index contributed by atoms with van der Waals surface area (Å²) in [7, 11) is 0. The number of hydrogen-bond donors (Lipinski definition) is 2. The van der Waals surface area contributed by atoms with Crippen LogP contribution in [-0.2, 0) is 0 Å². The van der Waals surface area contributed by atoms with Crippen LogP contribution < -0.4 is 11.5 Å². The van der Waals surface area contributed by atoms with Gasteiger partial charge >= 0.3 is 0 Å². The van der Waals surface area contributed by atoms with Crippen LogP contribution in [0.2, 0.25) is 0 Å². The molecule has 0 aromatic carbocycles. The Labute approximate surface area is 75.0 Å². The molecule has 0 saturated carbocycles. The van der Waals surface area contributed by atoms with Gasteiger partial charge in [0.05, 0.1) is 0 Å². The van der Waals surface area contributed by atoms with Gasteiger partial charge in [0.25, 0.3) is 0 Å². The van der Waals surface area contributed by atoms with Crippen LogP contribution in [0, 0.1) is 5.41 Å². The quantitative estimate of drug-likeness (QED) is 0.582. The summed E-state index contributed by atoms with van der Waals surface area (Å²) < 4.78 is 0. The van der Waals surface area contributed by atoms with E-state index < -0.39 is 0 Å². The van der Waals surface area contributed by atoms with E-state index >= 15 is 0 Å². The van der Waals surface area contributed by atoms with Crippen LogP contribution in [-0.4, -0.2) is 0 Å². The van der Waals surface area contributed by atoms with Gasteiger partial charge < -0.3 is 11.5 Å². The van der Waals surface area contributed by atoms with Gasteiger partial charge in [-0.15, -0.1) is 0 Å². The summed E-state index contributed by atoms with van der Waals surface area (Å²) in [6.45, 7) is 4.36. The molecular formula is C10H20N2. The molecule has 0 aliphatic heterocycles. The van der Waals surface area contributed by atoms with E-state index in [2.05, 4.69) is 13.8 Å². The van der Waals surface area contributed by atoms with Crippen molar-refractivity contribution < 1.29 is 0 Å². The fourth-order valence-electron chi connectivity index (χ4n) is 1.76. The van der Waals surface area contributed by atoms with Gasteiger partial charge in [-0.1, -0.05) is 26.7 Å². The molecule has 0 aromatic rings. The van der Waals surface area contributed by atoms with Gasteiger partial charge in [0, 0.05) is 16.8 Å². The smallest absolute Gasteiger partial charge is 0.0328 e. The number of nitrogens with two attached hydrogens (primary N) is 2. The molecular weight excluding hydrogens is 148 g/mol. The Morgan fingerprint density at radius 3 is 2.42 bits per heavy atom. The molecule has 1 aliphatic carbocycles. The number of allylic oxidation sites excluding steroid dienone is 2. The van der Waals surface area contributed by atoms with Crippen molar-refractivity contribution in [1.29, 1.82) is 0 Å². The first-order chi connectivity index (χ1) is 5.54. The first kappa shape index (κ1) is 9.43. The van der Waals surface area contributed by atoms with E-state index in [0.717, 1.165) is 17.8 Å². The maximum atomic E-state index is 5.98. The summed E-state index contributed by atoms with van der Waals surface area (Å²) in [5, 5.41) is 0. The second-order valence-corrected chi connectivity index (χ2v) is 4.38. The second-order valence-electron chi connectivity index (χ2n) is 4.38. The molecule has 0 unspecified atom stereocenters. The minimum absolute atomic E-state index is 0.116. The lowest BCUT2D eigenvalue weighted by Crippen LogP contribution is -2.26. The lowest BCUT2D eigenvalue weighted by Gasteiger charge is -2.28. The Morgan fingerprint density at radius 1 is 1.08 bits per heavy atom. The number of hydrogen-bond acceptors (Lipinski definition) is 2. The van der Waals surface area contributed by atoms with E-state index in [1.165, 1.54) is 25.7 Å². The van der Waals surface area contributed by atoms with E-state index in [1.807, 2.05) is 0 Å². The maximum Gasteiger partial charge on any atom is 0.0328 e. The van der Waals surface area contributed by atoms with Crippen molar-refractivity contribution in [3.8, 4) is 0 Å². The molecule has 0 saturated heterocycles. The monoisotopic (exact) mass is 168 g/mol. The lowest BCUT2D eigenvalue weighted by molar-refractivity contribution is 0.365. The molecule has 2 heteroatoms. The predicted molar refractivity (Wildman–Crippen MR) is 52.3 cm³/mol. The van der Waals surface area contributed by atoms with Crippen LogP contribution in [0.5, 0.6) is 0 Å². The maximum absolute atomic E-state index is 5.98. The summed E-state index contributed by atoms with van der Waals surface area (Å²) >= 11 is 0. The molecule has 0 atom stereocenters. The van der Waals surface area contributed by atoms with E-state index in [9.17, 15) is 0 Å². The summed E-state index contributed by atoms with van der Waals surface area (Å²) in [5.41, 5.74) is 13.8. The van der Waals surface area contributed by atoms with Gasteiger partial charge in [-0.2, -0.15) is 0 Å². The Morgan fingerprint density at radius 2 is 1.75 bits per heavy atom. The minimum Gasteiger partial charge on any atom is -0.401 e. The molecule has 4 N–H and O–H groups in total. The zero-order valence-corrected chi connectivity index (χ0v) is 8.19. The van der Waals surface area contributed by atoms with E-state index in [0.29, 0.717) is 0 Å². The van der Waals surface area contributed by atoms with Gasteiger partial charge in [-0.25, -0.2) is 0 Å². The van der Waals surface area contributed by atoms with Crippen molar-refractivity contribution in [1.82, 2.24) is 0 Å². The normalized spacial score (nSPS) is 24.8. The Kier molecular flexibility index (Phi) is 2.65. The third kappa shape index (κ3) is 1.93. The summed E-state index contributed by atoms with van der Waals surface area (Å²) in [4.78, 5) is 0. The minimum atomic E-state index is 0.116. The average Bonchev–Trinajstić information content (AvgIpc) is 2.00. The van der Waals surface area contributed by atoms with Gasteiger partial charge in [0.1, 0.15) is 0 Å². The first-order valence-electron chi connectivity index (χ1n) is 4.78. The van der Waals surface area contributed by atoms with Gasteiger partial charge in [-0.05, 0) is 19.3 Å². The van der Waals surface area contributed by atoms with Gasteiger partial charge in [0.15, 0.2) is 0 Å². The molecule has 0 radical (unpaired) electrons. The van der Waals surface area contributed by atoms with Crippen LogP contribution in [0.3, 0.4) is 0 Å². The van der Waals surface area contributed by atoms with E-state index in [1.54, 1.807) is 0 Å². The zero-order chi connectivity index (χ0) is 9.19. The van der Waals surface area contributed by atoms with Crippen LogP contribution in [0.4, 0.5) is 0 Å². The highest BCUT2D eigenvalue weighted by Gasteiger charge is 2.24. The van der Waals surface area contributed by atoms with Gasteiger partial charge in [0.2, 0.25) is 0 Å². The lowest BCUT2D eigenvalue weighted by atomic mass is 9.80. The first-order valence-corrected chi connectivity index (χ1v) is 4.78. The predicted octanol–water partition coefficient (Wildman–Crippen LogP) is 2.11. The Bertz CT molecular complexity index is 192. The second kappa shape index (κ2) is 3.38. The zero-order valence-electron chi connectivity index (χ0n) is 8.19. The van der Waals surface area contributed by atoms with Crippen molar-refractivity contribution in [2.45, 2.75) is 46.0 Å². The summed E-state index contributed by atoms with van der Waals surface area (Å²) in [5.74, 6) is 0. The van der Waals surface area contributed by atoms with Crippen molar-refractivity contribution in [2.24, 2.45) is 16.9 Å². The largest absolute Gasteiger partial charge is 0.401 e. The highest BCUT2D eigenvalue weighted by molar-refractivity contribution is 5.15. The molecule has 70 valence electrons. The molecule has 0 aromatic heterocycles. The summed E-state index contributed by atoms with van der Waals surface area (Å²) in [6, 6.07) is 0. The van der Waals surface area contributed by atoms with Crippen molar-refractivity contribution in [2.75, 3.05) is 0 Å². The highest BCUT2D eigenvalue weighted by Crippen LogP contribution is 2.33. The molecule has 0 spiro atoms. The van der Waals surface area contributed by atoms with E-state index in [4.69, 9.17) is 11.5 Å². The molecule has 2 nitrogen and oxygen atoms in total. The van der Waals surface area contributed by atoms with Crippen LogP contribution >= 0.6 is 0 Å². The standard InChI is InChI=1S/C10H20N2/c1-10(2)7-5-3-4-6-8(11)9(10)12/h3-7,11-12H2,1-2H3. The Hall–Kier alpha value is -0.660. The fraction of sp³-hybridized carbons (Fsp3) is 0.800. The fourth-order valence-corrected chi connectivity index (χ4v) is 1.76. The van der Waals surface area contributed by atoms with Crippen LogP contribution in [0.15, 0.2) is 11.4 Å². The SMILES string of the molecule is CC1(C)CCCCCC(N)=C1N. The molecule has 0 heterocycles. The molecule has 1 aliphatic rings. The van der Waals surface area contributed by atoms with Crippen LogP contribution in [0.25, 0.3) is 0 Å². The Balaban J connectivity index is 2.84. The number of rotatable bonds is 0. The third-order valence-electron chi connectivity index (χ3n) is 2.82. The van der Waals surface area contributed by atoms with Crippen LogP contribution in [0.1, 0.15) is 46.0 Å². The molecule has 1 rings (SSSR count). The third-order valence-corrected chi connectivity index (χ3v) is 2.82. The molecule has 0 fully saturated rings. The molecule has 12 heavy (non-hydrogen) atoms.